The van der Waals surface area contributed by atoms with E-state index in [4.69, 9.17) is 4.99 Å². The molecule has 0 N–H and O–H groups in total. The molecule has 2 aliphatic rings. The lowest BCUT2D eigenvalue weighted by atomic mass is 10.0. The molecule has 2 aliphatic heterocycles. The normalized spacial score (nSPS) is 17.2. The molecule has 0 radical (unpaired) electrons. The average molecular weight is 371 g/mol. The van der Waals surface area contributed by atoms with Crippen molar-refractivity contribution in [1.82, 2.24) is 14.8 Å². The smallest absolute Gasteiger partial charge is 0.206 e. The number of hydrogen-bond donors (Lipinski definition) is 0. The van der Waals surface area contributed by atoms with Crippen LogP contribution in [0, 0.1) is 0 Å². The molecule has 2 aromatic rings. The first-order valence-electron chi connectivity index (χ1n) is 9.81. The van der Waals surface area contributed by atoms with Gasteiger partial charge in [0.1, 0.15) is 0 Å². The summed E-state index contributed by atoms with van der Waals surface area (Å²) in [5.74, 6) is 0.977. The van der Waals surface area contributed by atoms with Gasteiger partial charge in [-0.25, -0.2) is 4.99 Å². The van der Waals surface area contributed by atoms with Gasteiger partial charge in [-0.15, -0.1) is 0 Å². The second-order valence-corrected chi connectivity index (χ2v) is 7.29. The fourth-order valence-electron chi connectivity index (χ4n) is 3.67. The summed E-state index contributed by atoms with van der Waals surface area (Å²) < 4.78 is 0. The van der Waals surface area contributed by atoms with Gasteiger partial charge in [0.25, 0.3) is 0 Å². The summed E-state index contributed by atoms with van der Waals surface area (Å²) >= 11 is 0. The van der Waals surface area contributed by atoms with Crippen molar-refractivity contribution in [2.45, 2.75) is 19.3 Å². The Morgan fingerprint density at radius 2 is 1.82 bits per heavy atom. The van der Waals surface area contributed by atoms with Gasteiger partial charge in [0.05, 0.1) is 5.70 Å². The molecular formula is C24H26N4. The van der Waals surface area contributed by atoms with E-state index < -0.39 is 0 Å². The maximum absolute atomic E-state index is 4.97. The van der Waals surface area contributed by atoms with E-state index in [0.717, 1.165) is 55.3 Å². The van der Waals surface area contributed by atoms with Crippen LogP contribution in [0.3, 0.4) is 0 Å². The monoisotopic (exact) mass is 370 g/mol. The summed E-state index contributed by atoms with van der Waals surface area (Å²) in [4.78, 5) is 13.5. The molecule has 0 amide bonds. The van der Waals surface area contributed by atoms with Crippen molar-refractivity contribution >= 4 is 11.7 Å². The summed E-state index contributed by atoms with van der Waals surface area (Å²) in [6.45, 7) is 6.13. The third-order valence-electron chi connectivity index (χ3n) is 5.32. The Labute approximate surface area is 167 Å². The molecule has 3 heterocycles. The summed E-state index contributed by atoms with van der Waals surface area (Å²) in [6.07, 6.45) is 11.3. The lowest BCUT2D eigenvalue weighted by Crippen LogP contribution is -2.45. The van der Waals surface area contributed by atoms with Gasteiger partial charge in [-0.2, -0.15) is 0 Å². The molecule has 28 heavy (non-hydrogen) atoms. The van der Waals surface area contributed by atoms with E-state index >= 15 is 0 Å². The summed E-state index contributed by atoms with van der Waals surface area (Å²) in [5.41, 5.74) is 5.84. The van der Waals surface area contributed by atoms with Crippen molar-refractivity contribution in [3.63, 3.8) is 0 Å². The van der Waals surface area contributed by atoms with Crippen LogP contribution >= 0.6 is 0 Å². The SMILES string of the molecule is C=C1C=C(c2ccncc2)N=C(N2CCC=C(CCc3ccccc3)C2)N1C. The number of aromatic nitrogens is 1. The third kappa shape index (κ3) is 4.06. The van der Waals surface area contributed by atoms with Crippen LogP contribution in [0.1, 0.15) is 24.0 Å². The van der Waals surface area contributed by atoms with E-state index in [2.05, 4.69) is 57.8 Å². The van der Waals surface area contributed by atoms with Crippen molar-refractivity contribution in [3.05, 3.63) is 96.0 Å². The zero-order chi connectivity index (χ0) is 19.3. The van der Waals surface area contributed by atoms with Crippen LogP contribution in [0.2, 0.25) is 0 Å². The maximum atomic E-state index is 4.97. The number of allylic oxidation sites excluding steroid dienone is 1. The van der Waals surface area contributed by atoms with Gasteiger partial charge in [-0.1, -0.05) is 48.6 Å². The Balaban J connectivity index is 1.49. The Morgan fingerprint density at radius 3 is 2.61 bits per heavy atom. The Hall–Kier alpha value is -3.14. The molecule has 0 spiro atoms. The van der Waals surface area contributed by atoms with Gasteiger partial charge in [0.15, 0.2) is 0 Å². The van der Waals surface area contributed by atoms with Gasteiger partial charge in [-0.05, 0) is 43.0 Å². The zero-order valence-electron chi connectivity index (χ0n) is 16.4. The van der Waals surface area contributed by atoms with Crippen molar-refractivity contribution < 1.29 is 0 Å². The Morgan fingerprint density at radius 1 is 1.04 bits per heavy atom. The molecule has 4 heteroatoms. The standard InChI is InChI=1S/C24H26N4/c1-19-17-23(22-12-14-25-15-13-22)26-24(27(19)2)28-16-6-9-21(18-28)11-10-20-7-4-3-5-8-20/h3-5,7-9,12-15,17H,1,6,10-11,16,18H2,2H3. The van der Waals surface area contributed by atoms with E-state index in [-0.39, 0.29) is 0 Å². The Kier molecular flexibility index (Phi) is 5.38. The quantitative estimate of drug-likeness (QED) is 0.743. The number of guanidine groups is 1. The number of rotatable bonds is 4. The summed E-state index contributed by atoms with van der Waals surface area (Å²) in [5, 5.41) is 0. The maximum Gasteiger partial charge on any atom is 0.206 e. The highest BCUT2D eigenvalue weighted by Crippen LogP contribution is 2.26. The number of nitrogens with zero attached hydrogens (tertiary/aromatic N) is 4. The molecule has 4 nitrogen and oxygen atoms in total. The van der Waals surface area contributed by atoms with Crippen LogP contribution in [0.5, 0.6) is 0 Å². The van der Waals surface area contributed by atoms with Crippen LogP contribution in [0.15, 0.2) is 89.9 Å². The first-order valence-corrected chi connectivity index (χ1v) is 9.81. The molecule has 0 saturated heterocycles. The van der Waals surface area contributed by atoms with Gasteiger partial charge >= 0.3 is 0 Å². The van der Waals surface area contributed by atoms with Gasteiger partial charge in [0, 0.05) is 43.8 Å². The highest BCUT2D eigenvalue weighted by molar-refractivity contribution is 5.91. The van der Waals surface area contributed by atoms with Crippen LogP contribution < -0.4 is 0 Å². The average Bonchev–Trinajstić information content (AvgIpc) is 2.75. The topological polar surface area (TPSA) is 31.7 Å². The number of benzene rings is 1. The van der Waals surface area contributed by atoms with Crippen molar-refractivity contribution in [1.29, 1.82) is 0 Å². The second-order valence-electron chi connectivity index (χ2n) is 7.29. The summed E-state index contributed by atoms with van der Waals surface area (Å²) in [7, 11) is 2.04. The number of likely N-dealkylation sites (N-methyl/N-ethyl adjacent to an activating group) is 1. The van der Waals surface area contributed by atoms with E-state index in [1.54, 1.807) is 12.4 Å². The highest BCUT2D eigenvalue weighted by atomic mass is 15.4. The van der Waals surface area contributed by atoms with Gasteiger partial charge in [-0.3, -0.25) is 4.98 Å². The van der Waals surface area contributed by atoms with Crippen LogP contribution in [-0.2, 0) is 6.42 Å². The molecule has 0 bridgehead atoms. The lowest BCUT2D eigenvalue weighted by Gasteiger charge is -2.37. The number of aliphatic imine (C=N–C) groups is 1. The van der Waals surface area contributed by atoms with E-state index in [1.165, 1.54) is 11.1 Å². The molecular weight excluding hydrogens is 344 g/mol. The predicted octanol–water partition coefficient (Wildman–Crippen LogP) is 4.50. The fourth-order valence-corrected chi connectivity index (χ4v) is 3.67. The predicted molar refractivity (Wildman–Crippen MR) is 116 cm³/mol. The Bertz CT molecular complexity index is 926. The highest BCUT2D eigenvalue weighted by Gasteiger charge is 2.24. The van der Waals surface area contributed by atoms with Crippen LogP contribution in [0.4, 0.5) is 0 Å². The minimum Gasteiger partial charge on any atom is -0.338 e. The molecule has 0 fully saturated rings. The molecule has 1 aromatic heterocycles. The van der Waals surface area contributed by atoms with Crippen LogP contribution in [-0.4, -0.2) is 40.9 Å². The lowest BCUT2D eigenvalue weighted by molar-refractivity contribution is 0.381. The number of hydrogen-bond acceptors (Lipinski definition) is 4. The van der Waals surface area contributed by atoms with Crippen molar-refractivity contribution in [2.75, 3.05) is 20.1 Å². The zero-order valence-corrected chi connectivity index (χ0v) is 16.4. The first-order chi connectivity index (χ1) is 13.7. The van der Waals surface area contributed by atoms with Crippen LogP contribution in [0.25, 0.3) is 5.70 Å². The van der Waals surface area contributed by atoms with Crippen molar-refractivity contribution in [3.8, 4) is 0 Å². The largest absolute Gasteiger partial charge is 0.338 e. The molecule has 4 rings (SSSR count). The molecule has 0 saturated carbocycles. The fraction of sp³-hybridized carbons (Fsp3) is 0.250. The van der Waals surface area contributed by atoms with E-state index in [0.29, 0.717) is 0 Å². The van der Waals surface area contributed by atoms with E-state index in [9.17, 15) is 0 Å². The van der Waals surface area contributed by atoms with Crippen molar-refractivity contribution in [2.24, 2.45) is 4.99 Å². The van der Waals surface area contributed by atoms with Gasteiger partial charge < -0.3 is 9.80 Å². The third-order valence-corrected chi connectivity index (χ3v) is 5.32. The summed E-state index contributed by atoms with van der Waals surface area (Å²) in [6, 6.07) is 14.7. The van der Waals surface area contributed by atoms with Gasteiger partial charge in [0.2, 0.25) is 5.96 Å². The molecule has 0 unspecified atom stereocenters. The molecule has 142 valence electrons. The second kappa shape index (κ2) is 8.26. The molecule has 0 aliphatic carbocycles. The molecule has 0 atom stereocenters. The number of aryl methyl sites for hydroxylation is 1. The molecule has 1 aromatic carbocycles. The first kappa shape index (κ1) is 18.2. The number of pyridine rings is 1. The van der Waals surface area contributed by atoms with E-state index in [1.807, 2.05) is 25.3 Å². The minimum atomic E-state index is 0.924. The minimum absolute atomic E-state index is 0.924.